The van der Waals surface area contributed by atoms with Gasteiger partial charge < -0.3 is 5.32 Å². The first-order valence-corrected chi connectivity index (χ1v) is 8.15. The second-order valence-corrected chi connectivity index (χ2v) is 6.06. The van der Waals surface area contributed by atoms with E-state index in [0.717, 1.165) is 6.07 Å². The van der Waals surface area contributed by atoms with Crippen molar-refractivity contribution in [2.24, 2.45) is 0 Å². The van der Waals surface area contributed by atoms with Crippen molar-refractivity contribution < 1.29 is 13.7 Å². The number of aryl methyl sites for hydroxylation is 1. The number of hydrogen-bond donors (Lipinski definition) is 1. The average Bonchev–Trinajstić information content (AvgIpc) is 2.61. The Bertz CT molecular complexity index is 1010. The monoisotopic (exact) mass is 370 g/mol. The van der Waals surface area contributed by atoms with Crippen LogP contribution < -0.4 is 5.32 Å². The lowest BCUT2D eigenvalue weighted by Gasteiger charge is -2.16. The predicted octanol–water partition coefficient (Wildman–Crippen LogP) is 4.81. The van der Waals surface area contributed by atoms with Crippen molar-refractivity contribution in [3.63, 3.8) is 0 Å². The summed E-state index contributed by atoms with van der Waals surface area (Å²) in [5, 5.41) is 14.0. The van der Waals surface area contributed by atoms with Crippen LogP contribution >= 0.6 is 0 Å². The van der Waals surface area contributed by atoms with E-state index >= 15 is 0 Å². The van der Waals surface area contributed by atoms with Crippen LogP contribution in [0.1, 0.15) is 24.2 Å². The van der Waals surface area contributed by atoms with Crippen LogP contribution in [0.15, 0.2) is 48.5 Å². The van der Waals surface area contributed by atoms with Gasteiger partial charge in [0, 0.05) is 41.1 Å². The number of halogens is 2. The van der Waals surface area contributed by atoms with Gasteiger partial charge in [-0.25, -0.2) is 18.7 Å². The molecule has 0 bridgehead atoms. The summed E-state index contributed by atoms with van der Waals surface area (Å²) in [5.74, 6) is -0.554. The topological polar surface area (TPSA) is 81.0 Å². The van der Waals surface area contributed by atoms with Crippen molar-refractivity contribution in [1.82, 2.24) is 9.97 Å². The lowest BCUT2D eigenvalue weighted by Crippen LogP contribution is -2.11. The van der Waals surface area contributed by atoms with E-state index in [1.807, 2.05) is 0 Å². The van der Waals surface area contributed by atoms with Gasteiger partial charge in [0.15, 0.2) is 5.82 Å². The van der Waals surface area contributed by atoms with Crippen molar-refractivity contribution >= 4 is 11.5 Å². The van der Waals surface area contributed by atoms with Gasteiger partial charge in [0.1, 0.15) is 17.5 Å². The van der Waals surface area contributed by atoms with Crippen LogP contribution in [0.4, 0.5) is 20.3 Å². The molecule has 138 valence electrons. The summed E-state index contributed by atoms with van der Waals surface area (Å²) < 4.78 is 27.1. The van der Waals surface area contributed by atoms with Crippen LogP contribution in [-0.4, -0.2) is 14.9 Å². The molecular weight excluding hydrogens is 354 g/mol. The first-order valence-electron chi connectivity index (χ1n) is 8.15. The normalized spacial score (nSPS) is 11.9. The maximum Gasteiger partial charge on any atom is 0.270 e. The highest BCUT2D eigenvalue weighted by Gasteiger charge is 2.14. The molecule has 0 radical (unpaired) electrons. The molecule has 1 N–H and O–H groups in total. The third-order valence-corrected chi connectivity index (χ3v) is 3.96. The van der Waals surface area contributed by atoms with Gasteiger partial charge in [-0.05, 0) is 19.9 Å². The van der Waals surface area contributed by atoms with E-state index < -0.39 is 22.6 Å². The first-order chi connectivity index (χ1) is 12.8. The summed E-state index contributed by atoms with van der Waals surface area (Å²) in [6.45, 7) is 3.48. The SMILES string of the molecule is Cc1cc(NC(C)c2ccc(F)cc2F)nc(-c2cccc([N+](=O)[O-])c2)n1. The maximum absolute atomic E-state index is 14.0. The van der Waals surface area contributed by atoms with Crippen molar-refractivity contribution in [1.29, 1.82) is 0 Å². The Kier molecular flexibility index (Phi) is 5.07. The van der Waals surface area contributed by atoms with Gasteiger partial charge in [0.2, 0.25) is 0 Å². The molecule has 3 rings (SSSR count). The van der Waals surface area contributed by atoms with E-state index in [-0.39, 0.29) is 5.69 Å². The highest BCUT2D eigenvalue weighted by Crippen LogP contribution is 2.25. The molecule has 0 saturated heterocycles. The lowest BCUT2D eigenvalue weighted by atomic mass is 10.1. The van der Waals surface area contributed by atoms with E-state index in [1.165, 1.54) is 24.3 Å². The number of aromatic nitrogens is 2. The van der Waals surface area contributed by atoms with Crippen LogP contribution in [0.5, 0.6) is 0 Å². The van der Waals surface area contributed by atoms with Crippen molar-refractivity contribution in [3.8, 4) is 11.4 Å². The van der Waals surface area contributed by atoms with Gasteiger partial charge in [-0.1, -0.05) is 18.2 Å². The summed E-state index contributed by atoms with van der Waals surface area (Å²) in [7, 11) is 0. The zero-order valence-electron chi connectivity index (χ0n) is 14.6. The largest absolute Gasteiger partial charge is 0.363 e. The van der Waals surface area contributed by atoms with Crippen molar-refractivity contribution in [2.45, 2.75) is 19.9 Å². The highest BCUT2D eigenvalue weighted by atomic mass is 19.1. The summed E-state index contributed by atoms with van der Waals surface area (Å²) in [6.07, 6.45) is 0. The summed E-state index contributed by atoms with van der Waals surface area (Å²) >= 11 is 0. The Balaban J connectivity index is 1.91. The van der Waals surface area contributed by atoms with E-state index in [4.69, 9.17) is 0 Å². The van der Waals surface area contributed by atoms with Gasteiger partial charge in [0.05, 0.1) is 11.0 Å². The van der Waals surface area contributed by atoms with Crippen LogP contribution in [0.25, 0.3) is 11.4 Å². The Morgan fingerprint density at radius 1 is 1.11 bits per heavy atom. The molecule has 8 heteroatoms. The molecule has 0 saturated carbocycles. The van der Waals surface area contributed by atoms with Gasteiger partial charge in [-0.2, -0.15) is 0 Å². The molecule has 27 heavy (non-hydrogen) atoms. The number of rotatable bonds is 5. The standard InChI is InChI=1S/C19H16F2N4O2/c1-11-8-18(23-12(2)16-7-6-14(20)10-17(16)21)24-19(22-11)13-4-3-5-15(9-13)25(26)27/h3-10,12H,1-2H3,(H,22,23,24). The van der Waals surface area contributed by atoms with Gasteiger partial charge in [-0.15, -0.1) is 0 Å². The second-order valence-electron chi connectivity index (χ2n) is 6.06. The van der Waals surface area contributed by atoms with Crippen LogP contribution in [-0.2, 0) is 0 Å². The maximum atomic E-state index is 14.0. The number of hydrogen-bond acceptors (Lipinski definition) is 5. The Hall–Kier alpha value is -3.42. The fourth-order valence-corrected chi connectivity index (χ4v) is 2.68. The summed E-state index contributed by atoms with van der Waals surface area (Å²) in [4.78, 5) is 19.2. The third-order valence-electron chi connectivity index (χ3n) is 3.96. The van der Waals surface area contributed by atoms with Gasteiger partial charge >= 0.3 is 0 Å². The van der Waals surface area contributed by atoms with Crippen molar-refractivity contribution in [2.75, 3.05) is 5.32 Å². The van der Waals surface area contributed by atoms with Crippen LogP contribution in [0.2, 0.25) is 0 Å². The van der Waals surface area contributed by atoms with Crippen LogP contribution in [0.3, 0.4) is 0 Å². The minimum absolute atomic E-state index is 0.0612. The fourth-order valence-electron chi connectivity index (χ4n) is 2.68. The van der Waals surface area contributed by atoms with Gasteiger partial charge in [0.25, 0.3) is 5.69 Å². The number of nitro groups is 1. The number of nitro benzene ring substituents is 1. The number of nitrogens with one attached hydrogen (secondary N) is 1. The molecule has 1 heterocycles. The molecule has 0 aliphatic carbocycles. The third kappa shape index (κ3) is 4.22. The fraction of sp³-hybridized carbons (Fsp3) is 0.158. The van der Waals surface area contributed by atoms with Gasteiger partial charge in [-0.3, -0.25) is 10.1 Å². The van der Waals surface area contributed by atoms with E-state index in [2.05, 4.69) is 15.3 Å². The lowest BCUT2D eigenvalue weighted by molar-refractivity contribution is -0.384. The second kappa shape index (κ2) is 7.45. The van der Waals surface area contributed by atoms with Crippen molar-refractivity contribution in [3.05, 3.63) is 81.5 Å². The average molecular weight is 370 g/mol. The Morgan fingerprint density at radius 3 is 2.59 bits per heavy atom. The van der Waals surface area contributed by atoms with E-state index in [1.54, 1.807) is 32.0 Å². The molecule has 1 unspecified atom stereocenters. The predicted molar refractivity (Wildman–Crippen MR) is 97.3 cm³/mol. The molecule has 0 amide bonds. The zero-order valence-corrected chi connectivity index (χ0v) is 14.6. The first kappa shape index (κ1) is 18.4. The van der Waals surface area contributed by atoms with E-state index in [0.29, 0.717) is 28.5 Å². The molecule has 0 spiro atoms. The quantitative estimate of drug-likeness (QED) is 0.515. The molecule has 6 nitrogen and oxygen atoms in total. The zero-order chi connectivity index (χ0) is 19.6. The molecule has 1 aromatic heterocycles. The molecule has 0 aliphatic heterocycles. The minimum Gasteiger partial charge on any atom is -0.363 e. The molecule has 3 aromatic rings. The number of nitrogens with zero attached hydrogens (tertiary/aromatic N) is 3. The minimum atomic E-state index is -0.653. The number of anilines is 1. The highest BCUT2D eigenvalue weighted by molar-refractivity contribution is 5.61. The molecular formula is C19H16F2N4O2. The van der Waals surface area contributed by atoms with Crippen LogP contribution in [0, 0.1) is 28.7 Å². The van der Waals surface area contributed by atoms with E-state index in [9.17, 15) is 18.9 Å². The number of non-ortho nitro benzene ring substituents is 1. The Labute approximate surface area is 154 Å². The number of benzene rings is 2. The molecule has 0 fully saturated rings. The summed E-state index contributed by atoms with van der Waals surface area (Å²) in [6, 6.07) is 10.6. The molecule has 0 aliphatic rings. The summed E-state index contributed by atoms with van der Waals surface area (Å²) in [5.41, 5.74) is 1.37. The molecule has 2 aromatic carbocycles. The smallest absolute Gasteiger partial charge is 0.270 e. The Morgan fingerprint density at radius 2 is 1.89 bits per heavy atom. The molecule has 1 atom stereocenters.